The molecular weight excluding hydrogens is 140 g/mol. The van der Waals surface area contributed by atoms with Gasteiger partial charge in [-0.05, 0) is 20.3 Å². The predicted octanol–water partition coefficient (Wildman–Crippen LogP) is 0.647. The van der Waals surface area contributed by atoms with E-state index in [0.717, 1.165) is 6.42 Å². The Bertz CT molecular complexity index is 140. The molecule has 3 unspecified atom stereocenters. The zero-order chi connectivity index (χ0) is 8.85. The summed E-state index contributed by atoms with van der Waals surface area (Å²) in [6, 6.07) is 1.91. The molecule has 0 fully saturated rings. The van der Waals surface area contributed by atoms with E-state index in [1.165, 1.54) is 0 Å². The molecule has 2 N–H and O–H groups in total. The largest absolute Gasteiger partial charge is 0.392 e. The van der Waals surface area contributed by atoms with Crippen molar-refractivity contribution in [3.8, 4) is 6.07 Å². The molecule has 64 valence electrons. The van der Waals surface area contributed by atoms with Crippen LogP contribution >= 0.6 is 0 Å². The first kappa shape index (κ1) is 10.4. The summed E-state index contributed by atoms with van der Waals surface area (Å²) in [6.07, 6.45) is 0.444. The minimum atomic E-state index is -0.393. The van der Waals surface area contributed by atoms with Crippen molar-refractivity contribution in [2.45, 2.75) is 45.4 Å². The van der Waals surface area contributed by atoms with Gasteiger partial charge in [-0.15, -0.1) is 0 Å². The van der Waals surface area contributed by atoms with Crippen LogP contribution in [0.25, 0.3) is 0 Å². The van der Waals surface area contributed by atoms with Gasteiger partial charge in [0.15, 0.2) is 0 Å². The molecule has 0 rings (SSSR count). The van der Waals surface area contributed by atoms with Crippen molar-refractivity contribution in [2.24, 2.45) is 0 Å². The Morgan fingerprint density at radius 3 is 2.36 bits per heavy atom. The van der Waals surface area contributed by atoms with Gasteiger partial charge in [0, 0.05) is 6.04 Å². The number of hydrogen-bond acceptors (Lipinski definition) is 3. The maximum atomic E-state index is 9.18. The van der Waals surface area contributed by atoms with Crippen molar-refractivity contribution in [1.82, 2.24) is 5.32 Å². The van der Waals surface area contributed by atoms with Gasteiger partial charge >= 0.3 is 0 Å². The second-order valence-corrected chi connectivity index (χ2v) is 2.77. The van der Waals surface area contributed by atoms with Crippen LogP contribution in [0.4, 0.5) is 0 Å². The standard InChI is InChI=1S/C8H16N2O/c1-4-8(7(3)11)10-6(2)5-9/h6-8,10-11H,4H2,1-3H3. The zero-order valence-corrected chi connectivity index (χ0v) is 7.33. The molecule has 0 aromatic heterocycles. The van der Waals surface area contributed by atoms with E-state index in [2.05, 4.69) is 11.4 Å². The number of nitriles is 1. The van der Waals surface area contributed by atoms with Crippen LogP contribution in [-0.4, -0.2) is 23.3 Å². The lowest BCUT2D eigenvalue weighted by Crippen LogP contribution is -2.42. The summed E-state index contributed by atoms with van der Waals surface area (Å²) in [5, 5.41) is 20.7. The third-order valence-corrected chi connectivity index (χ3v) is 1.68. The van der Waals surface area contributed by atoms with Crippen LogP contribution in [0.15, 0.2) is 0 Å². The Kier molecular flexibility index (Phi) is 4.84. The van der Waals surface area contributed by atoms with Gasteiger partial charge in [0.1, 0.15) is 0 Å². The molecule has 3 atom stereocenters. The van der Waals surface area contributed by atoms with Crippen LogP contribution in [0, 0.1) is 11.3 Å². The Balaban J connectivity index is 3.80. The van der Waals surface area contributed by atoms with E-state index in [1.807, 2.05) is 6.92 Å². The summed E-state index contributed by atoms with van der Waals surface area (Å²) in [4.78, 5) is 0. The third-order valence-electron chi connectivity index (χ3n) is 1.68. The van der Waals surface area contributed by atoms with Gasteiger partial charge in [0.05, 0.1) is 18.2 Å². The van der Waals surface area contributed by atoms with Gasteiger partial charge in [-0.1, -0.05) is 6.92 Å². The summed E-state index contributed by atoms with van der Waals surface area (Å²) >= 11 is 0. The summed E-state index contributed by atoms with van der Waals surface area (Å²) in [5.41, 5.74) is 0. The lowest BCUT2D eigenvalue weighted by atomic mass is 10.1. The average molecular weight is 156 g/mol. The number of nitrogens with one attached hydrogen (secondary N) is 1. The van der Waals surface area contributed by atoms with Crippen molar-refractivity contribution in [3.05, 3.63) is 0 Å². The van der Waals surface area contributed by atoms with Crippen LogP contribution < -0.4 is 5.32 Å². The Hall–Kier alpha value is -0.590. The molecule has 0 aliphatic heterocycles. The van der Waals surface area contributed by atoms with E-state index >= 15 is 0 Å². The summed E-state index contributed by atoms with van der Waals surface area (Å²) in [6.45, 7) is 5.49. The minimum absolute atomic E-state index is 0.0321. The Morgan fingerprint density at radius 1 is 1.55 bits per heavy atom. The smallest absolute Gasteiger partial charge is 0.0927 e. The zero-order valence-electron chi connectivity index (χ0n) is 7.33. The first-order valence-electron chi connectivity index (χ1n) is 3.95. The average Bonchev–Trinajstić information content (AvgIpc) is 1.99. The second kappa shape index (κ2) is 5.11. The van der Waals surface area contributed by atoms with Crippen LogP contribution in [0.5, 0.6) is 0 Å². The Morgan fingerprint density at radius 2 is 2.09 bits per heavy atom. The van der Waals surface area contributed by atoms with E-state index in [9.17, 15) is 5.11 Å². The molecule has 3 heteroatoms. The number of rotatable bonds is 4. The molecule has 0 saturated carbocycles. The number of hydrogen-bond donors (Lipinski definition) is 2. The molecule has 0 aliphatic rings. The van der Waals surface area contributed by atoms with Crippen LogP contribution in [0.1, 0.15) is 27.2 Å². The van der Waals surface area contributed by atoms with Gasteiger partial charge in [0.25, 0.3) is 0 Å². The van der Waals surface area contributed by atoms with E-state index < -0.39 is 6.10 Å². The first-order valence-corrected chi connectivity index (χ1v) is 3.95. The van der Waals surface area contributed by atoms with Crippen molar-refractivity contribution in [3.63, 3.8) is 0 Å². The van der Waals surface area contributed by atoms with E-state index in [4.69, 9.17) is 5.26 Å². The molecular formula is C8H16N2O. The van der Waals surface area contributed by atoms with Gasteiger partial charge < -0.3 is 5.11 Å². The summed E-state index contributed by atoms with van der Waals surface area (Å²) < 4.78 is 0. The lowest BCUT2D eigenvalue weighted by molar-refractivity contribution is 0.140. The Labute approximate surface area is 68.0 Å². The molecule has 0 amide bonds. The maximum Gasteiger partial charge on any atom is 0.0927 e. The molecule has 0 aromatic carbocycles. The van der Waals surface area contributed by atoms with Gasteiger partial charge in [0.2, 0.25) is 0 Å². The van der Waals surface area contributed by atoms with Crippen molar-refractivity contribution in [1.29, 1.82) is 5.26 Å². The van der Waals surface area contributed by atoms with Crippen molar-refractivity contribution in [2.75, 3.05) is 0 Å². The molecule has 0 heterocycles. The van der Waals surface area contributed by atoms with E-state index in [0.29, 0.717) is 0 Å². The number of aliphatic hydroxyl groups excluding tert-OH is 1. The molecule has 0 aliphatic carbocycles. The SMILES string of the molecule is CCC(NC(C)C#N)C(C)O. The maximum absolute atomic E-state index is 9.18. The fourth-order valence-corrected chi connectivity index (χ4v) is 0.957. The second-order valence-electron chi connectivity index (χ2n) is 2.77. The molecule has 0 saturated heterocycles. The van der Waals surface area contributed by atoms with Crippen LogP contribution in [0.3, 0.4) is 0 Å². The quantitative estimate of drug-likeness (QED) is 0.628. The normalized spacial score (nSPS) is 18.5. The fraction of sp³-hybridized carbons (Fsp3) is 0.875. The molecule has 0 radical (unpaired) electrons. The highest BCUT2D eigenvalue weighted by atomic mass is 16.3. The van der Waals surface area contributed by atoms with Gasteiger partial charge in [-0.3, -0.25) is 5.32 Å². The first-order chi connectivity index (χ1) is 5.11. The highest BCUT2D eigenvalue weighted by Crippen LogP contribution is 1.98. The van der Waals surface area contributed by atoms with E-state index in [1.54, 1.807) is 13.8 Å². The monoisotopic (exact) mass is 156 g/mol. The number of nitrogens with zero attached hydrogens (tertiary/aromatic N) is 1. The molecule has 11 heavy (non-hydrogen) atoms. The number of aliphatic hydroxyl groups is 1. The summed E-state index contributed by atoms with van der Waals surface area (Å²) in [7, 11) is 0. The summed E-state index contributed by atoms with van der Waals surface area (Å²) in [5.74, 6) is 0. The molecule has 0 spiro atoms. The van der Waals surface area contributed by atoms with Crippen LogP contribution in [-0.2, 0) is 0 Å². The van der Waals surface area contributed by atoms with Crippen LogP contribution in [0.2, 0.25) is 0 Å². The van der Waals surface area contributed by atoms with E-state index in [-0.39, 0.29) is 12.1 Å². The fourth-order valence-electron chi connectivity index (χ4n) is 0.957. The minimum Gasteiger partial charge on any atom is -0.392 e. The van der Waals surface area contributed by atoms with Gasteiger partial charge in [-0.25, -0.2) is 0 Å². The van der Waals surface area contributed by atoms with Crippen molar-refractivity contribution < 1.29 is 5.11 Å². The topological polar surface area (TPSA) is 56.0 Å². The predicted molar refractivity (Wildman–Crippen MR) is 44.0 cm³/mol. The highest BCUT2D eigenvalue weighted by molar-refractivity contribution is 4.88. The van der Waals surface area contributed by atoms with Crippen molar-refractivity contribution >= 4 is 0 Å². The lowest BCUT2D eigenvalue weighted by Gasteiger charge is -2.20. The third kappa shape index (κ3) is 3.97. The molecule has 0 bridgehead atoms. The molecule has 0 aromatic rings. The van der Waals surface area contributed by atoms with Gasteiger partial charge in [-0.2, -0.15) is 5.26 Å². The molecule has 3 nitrogen and oxygen atoms in total. The highest BCUT2D eigenvalue weighted by Gasteiger charge is 2.13.